The lowest BCUT2D eigenvalue weighted by Crippen LogP contribution is -2.32. The number of ether oxygens (including phenoxy) is 1. The molecule has 0 amide bonds. The van der Waals surface area contributed by atoms with Crippen LogP contribution in [-0.2, 0) is 16.6 Å². The molecule has 2 N–H and O–H groups in total. The molecule has 0 radical (unpaired) electrons. The highest BCUT2D eigenvalue weighted by atomic mass is 16.5. The van der Waals surface area contributed by atoms with Crippen LogP contribution in [0, 0.1) is 19.8 Å². The van der Waals surface area contributed by atoms with Gasteiger partial charge in [0, 0.05) is 19.8 Å². The van der Waals surface area contributed by atoms with E-state index in [1.807, 2.05) is 0 Å². The second kappa shape index (κ2) is 7.42. The van der Waals surface area contributed by atoms with Crippen molar-refractivity contribution in [3.63, 3.8) is 0 Å². The summed E-state index contributed by atoms with van der Waals surface area (Å²) in [5.74, 6) is 0.478. The molecule has 0 aromatic heterocycles. The molecule has 0 bridgehead atoms. The van der Waals surface area contributed by atoms with Crippen LogP contribution in [-0.4, -0.2) is 19.8 Å². The Morgan fingerprint density at radius 1 is 1.14 bits per heavy atom. The molecule has 2 nitrogen and oxygen atoms in total. The Hall–Kier alpha value is -0.860. The Bertz CT molecular complexity index is 436. The van der Waals surface area contributed by atoms with Crippen LogP contribution in [0.5, 0.6) is 0 Å². The first-order valence-electron chi connectivity index (χ1n) is 8.02. The lowest BCUT2D eigenvalue weighted by atomic mass is 9.82. The summed E-state index contributed by atoms with van der Waals surface area (Å²) in [5, 5.41) is 0. The van der Waals surface area contributed by atoms with Gasteiger partial charge in [-0.05, 0) is 60.3 Å². The summed E-state index contributed by atoms with van der Waals surface area (Å²) in [5.41, 5.74) is 12.2. The number of benzene rings is 1. The maximum absolute atomic E-state index is 6.40. The maximum Gasteiger partial charge on any atom is 0.0465 e. The number of methoxy groups -OCH3 is 1. The zero-order chi connectivity index (χ0) is 16.2. The van der Waals surface area contributed by atoms with E-state index < -0.39 is 0 Å². The van der Waals surface area contributed by atoms with Gasteiger partial charge in [-0.25, -0.2) is 0 Å². The molecule has 2 unspecified atom stereocenters. The normalized spacial score (nSPS) is 15.0. The summed E-state index contributed by atoms with van der Waals surface area (Å²) in [4.78, 5) is 0. The average Bonchev–Trinajstić information content (AvgIpc) is 2.38. The van der Waals surface area contributed by atoms with Gasteiger partial charge in [-0.3, -0.25) is 0 Å². The predicted octanol–water partition coefficient (Wildman–Crippen LogP) is 4.14. The van der Waals surface area contributed by atoms with Gasteiger partial charge in [0.15, 0.2) is 0 Å². The van der Waals surface area contributed by atoms with Crippen LogP contribution in [0.1, 0.15) is 56.4 Å². The Balaban J connectivity index is 2.89. The summed E-state index contributed by atoms with van der Waals surface area (Å²) in [6.07, 6.45) is 1.98. The molecule has 0 aliphatic rings. The van der Waals surface area contributed by atoms with Gasteiger partial charge in [0.05, 0.1) is 0 Å². The molecule has 1 aromatic rings. The molecule has 120 valence electrons. The Morgan fingerprint density at radius 3 is 2.10 bits per heavy atom. The van der Waals surface area contributed by atoms with Gasteiger partial charge in [-0.2, -0.15) is 0 Å². The van der Waals surface area contributed by atoms with Crippen LogP contribution in [0.3, 0.4) is 0 Å². The van der Waals surface area contributed by atoms with Gasteiger partial charge in [0.1, 0.15) is 0 Å². The molecule has 1 rings (SSSR count). The van der Waals surface area contributed by atoms with Crippen LogP contribution in [0.2, 0.25) is 0 Å². The minimum atomic E-state index is 0.193. The summed E-state index contributed by atoms with van der Waals surface area (Å²) < 4.78 is 5.16. The second-order valence-corrected chi connectivity index (χ2v) is 7.47. The highest BCUT2D eigenvalue weighted by Crippen LogP contribution is 2.28. The van der Waals surface area contributed by atoms with Gasteiger partial charge in [-0.1, -0.05) is 39.8 Å². The molecule has 0 saturated heterocycles. The minimum Gasteiger partial charge on any atom is -0.385 e. The molecule has 2 atom stereocenters. The molecule has 2 heteroatoms. The lowest BCUT2D eigenvalue weighted by Gasteiger charge is -2.25. The molecule has 0 fully saturated rings. The van der Waals surface area contributed by atoms with E-state index in [9.17, 15) is 0 Å². The first-order valence-corrected chi connectivity index (χ1v) is 8.02. The minimum absolute atomic E-state index is 0.193. The standard InChI is InChI=1S/C19H33NO/c1-13(8-9-21-7)18(20)12-17-14(2)10-16(11-15(17)3)19(4,5)6/h10-11,13,18H,8-9,12,20H2,1-7H3. The number of hydrogen-bond acceptors (Lipinski definition) is 2. The van der Waals surface area contributed by atoms with Crippen molar-refractivity contribution < 1.29 is 4.74 Å². The van der Waals surface area contributed by atoms with E-state index in [0.29, 0.717) is 5.92 Å². The number of hydrogen-bond donors (Lipinski definition) is 1. The zero-order valence-corrected chi connectivity index (χ0v) is 14.9. The van der Waals surface area contributed by atoms with Crippen LogP contribution in [0.4, 0.5) is 0 Å². The van der Waals surface area contributed by atoms with Crippen LogP contribution in [0.15, 0.2) is 12.1 Å². The summed E-state index contributed by atoms with van der Waals surface area (Å²) >= 11 is 0. The first-order chi connectivity index (χ1) is 9.66. The van der Waals surface area contributed by atoms with E-state index in [-0.39, 0.29) is 11.5 Å². The van der Waals surface area contributed by atoms with E-state index in [2.05, 4.69) is 53.7 Å². The first kappa shape index (κ1) is 18.2. The van der Waals surface area contributed by atoms with Gasteiger partial charge in [-0.15, -0.1) is 0 Å². The van der Waals surface area contributed by atoms with Crippen molar-refractivity contribution in [2.75, 3.05) is 13.7 Å². The molecule has 0 saturated carbocycles. The smallest absolute Gasteiger partial charge is 0.0465 e. The Kier molecular flexibility index (Phi) is 6.42. The predicted molar refractivity (Wildman–Crippen MR) is 92.0 cm³/mol. The third-order valence-corrected chi connectivity index (χ3v) is 4.51. The fourth-order valence-corrected chi connectivity index (χ4v) is 2.70. The van der Waals surface area contributed by atoms with Crippen LogP contribution >= 0.6 is 0 Å². The Morgan fingerprint density at radius 2 is 1.67 bits per heavy atom. The number of rotatable bonds is 6. The Labute approximate surface area is 131 Å². The maximum atomic E-state index is 6.40. The fourth-order valence-electron chi connectivity index (χ4n) is 2.70. The third kappa shape index (κ3) is 5.12. The van der Waals surface area contributed by atoms with Crippen molar-refractivity contribution in [2.24, 2.45) is 11.7 Å². The molecule has 0 heterocycles. The van der Waals surface area contributed by atoms with Crippen molar-refractivity contribution in [1.29, 1.82) is 0 Å². The van der Waals surface area contributed by atoms with E-state index in [1.165, 1.54) is 22.3 Å². The van der Waals surface area contributed by atoms with E-state index in [1.54, 1.807) is 7.11 Å². The quantitative estimate of drug-likeness (QED) is 0.855. The monoisotopic (exact) mass is 291 g/mol. The summed E-state index contributed by atoms with van der Waals surface area (Å²) in [7, 11) is 1.75. The highest BCUT2D eigenvalue weighted by Gasteiger charge is 2.19. The molecule has 21 heavy (non-hydrogen) atoms. The molecule has 1 aromatic carbocycles. The lowest BCUT2D eigenvalue weighted by molar-refractivity contribution is 0.174. The van der Waals surface area contributed by atoms with Gasteiger partial charge in [0.25, 0.3) is 0 Å². The molecule has 0 aliphatic carbocycles. The number of aryl methyl sites for hydroxylation is 2. The van der Waals surface area contributed by atoms with E-state index in [4.69, 9.17) is 10.5 Å². The molecule has 0 aliphatic heterocycles. The highest BCUT2D eigenvalue weighted by molar-refractivity contribution is 5.41. The van der Waals surface area contributed by atoms with E-state index >= 15 is 0 Å². The topological polar surface area (TPSA) is 35.2 Å². The van der Waals surface area contributed by atoms with Crippen molar-refractivity contribution in [1.82, 2.24) is 0 Å². The second-order valence-electron chi connectivity index (χ2n) is 7.47. The average molecular weight is 291 g/mol. The number of nitrogens with two attached hydrogens (primary N) is 1. The van der Waals surface area contributed by atoms with Crippen molar-refractivity contribution in [2.45, 2.75) is 65.8 Å². The van der Waals surface area contributed by atoms with Gasteiger partial charge in [0.2, 0.25) is 0 Å². The molecular weight excluding hydrogens is 258 g/mol. The van der Waals surface area contributed by atoms with Gasteiger partial charge >= 0.3 is 0 Å². The zero-order valence-electron chi connectivity index (χ0n) is 14.9. The van der Waals surface area contributed by atoms with Gasteiger partial charge < -0.3 is 10.5 Å². The van der Waals surface area contributed by atoms with Crippen LogP contribution in [0.25, 0.3) is 0 Å². The summed E-state index contributed by atoms with van der Waals surface area (Å²) in [6.45, 7) is 14.2. The summed E-state index contributed by atoms with van der Waals surface area (Å²) in [6, 6.07) is 4.85. The van der Waals surface area contributed by atoms with Crippen molar-refractivity contribution in [3.05, 3.63) is 34.4 Å². The van der Waals surface area contributed by atoms with Crippen molar-refractivity contribution in [3.8, 4) is 0 Å². The third-order valence-electron chi connectivity index (χ3n) is 4.51. The van der Waals surface area contributed by atoms with E-state index in [0.717, 1.165) is 19.4 Å². The largest absolute Gasteiger partial charge is 0.385 e. The fraction of sp³-hybridized carbons (Fsp3) is 0.684. The SMILES string of the molecule is COCCC(C)C(N)Cc1c(C)cc(C(C)(C)C)cc1C. The molecule has 0 spiro atoms. The molecular formula is C19H33NO. The van der Waals surface area contributed by atoms with Crippen LogP contribution < -0.4 is 5.73 Å². The van der Waals surface area contributed by atoms with Crippen molar-refractivity contribution >= 4 is 0 Å².